The Morgan fingerprint density at radius 1 is 1.28 bits per heavy atom. The van der Waals surface area contributed by atoms with Gasteiger partial charge in [-0.3, -0.25) is 0 Å². The van der Waals surface area contributed by atoms with E-state index in [-0.39, 0.29) is 12.2 Å². The first-order chi connectivity index (χ1) is 11.2. The molecule has 0 aromatic carbocycles. The molecule has 0 spiro atoms. The third kappa shape index (κ3) is 3.95. The molecule has 0 aliphatic carbocycles. The van der Waals surface area contributed by atoms with Gasteiger partial charge in [0.1, 0.15) is 5.73 Å². The van der Waals surface area contributed by atoms with Gasteiger partial charge in [0.05, 0.1) is 17.5 Å². The second-order valence-electron chi connectivity index (χ2n) is 8.40. The Bertz CT molecular complexity index is 688. The molecular weight excluding hydrogens is 326 g/mol. The van der Waals surface area contributed by atoms with Gasteiger partial charge in [-0.15, -0.1) is 0 Å². The quantitative estimate of drug-likeness (QED) is 0.840. The predicted octanol–water partition coefficient (Wildman–Crippen LogP) is 3.48. The van der Waals surface area contributed by atoms with Crippen LogP contribution in [0.25, 0.3) is 0 Å². The maximum Gasteiger partial charge on any atom is 0.525 e. The van der Waals surface area contributed by atoms with Gasteiger partial charge < -0.3 is 19.0 Å². The lowest BCUT2D eigenvalue weighted by Crippen LogP contribution is -2.41. The van der Waals surface area contributed by atoms with Crippen LogP contribution in [0, 0.1) is 5.41 Å². The molecular formula is C17H26BFN2O4. The molecule has 0 radical (unpaired) electrons. The third-order valence-electron chi connectivity index (χ3n) is 4.85. The fourth-order valence-electron chi connectivity index (χ4n) is 2.50. The summed E-state index contributed by atoms with van der Waals surface area (Å²) in [4.78, 5) is 14.8. The van der Waals surface area contributed by atoms with Gasteiger partial charge in [-0.05, 0) is 38.7 Å². The molecule has 2 rings (SSSR count). The molecule has 6 nitrogen and oxygen atoms in total. The molecule has 1 aliphatic rings. The predicted molar refractivity (Wildman–Crippen MR) is 92.9 cm³/mol. The monoisotopic (exact) mass is 352 g/mol. The Balaban J connectivity index is 2.36. The van der Waals surface area contributed by atoms with E-state index in [1.54, 1.807) is 4.57 Å². The summed E-state index contributed by atoms with van der Waals surface area (Å²) < 4.78 is 28.5. The molecule has 2 heterocycles. The summed E-state index contributed by atoms with van der Waals surface area (Å²) in [7, 11) is -1.08. The van der Waals surface area contributed by atoms with Crippen molar-refractivity contribution in [3.63, 3.8) is 0 Å². The SMILES string of the molecule is CC(C)(C)C(Cn1cnc(C(=O)O)c1)=C(F)B1OC(C)(C)C(C)(C)O1. The van der Waals surface area contributed by atoms with E-state index in [0.717, 1.165) is 0 Å². The summed E-state index contributed by atoms with van der Waals surface area (Å²) in [5, 5.41) is 8.99. The van der Waals surface area contributed by atoms with Crippen molar-refractivity contribution >= 4 is 13.1 Å². The number of aromatic carboxylic acids is 1. The van der Waals surface area contributed by atoms with Crippen LogP contribution in [0.3, 0.4) is 0 Å². The Hall–Kier alpha value is -1.67. The molecule has 1 saturated heterocycles. The van der Waals surface area contributed by atoms with Crippen molar-refractivity contribution in [2.24, 2.45) is 5.41 Å². The molecule has 138 valence electrons. The zero-order valence-electron chi connectivity index (χ0n) is 15.9. The number of rotatable bonds is 4. The molecule has 8 heteroatoms. The Morgan fingerprint density at radius 3 is 2.20 bits per heavy atom. The van der Waals surface area contributed by atoms with E-state index in [2.05, 4.69) is 4.98 Å². The summed E-state index contributed by atoms with van der Waals surface area (Å²) in [6, 6.07) is 0. The van der Waals surface area contributed by atoms with Crippen molar-refractivity contribution in [2.75, 3.05) is 0 Å². The van der Waals surface area contributed by atoms with E-state index in [4.69, 9.17) is 14.4 Å². The lowest BCUT2D eigenvalue weighted by atomic mass is 9.76. The summed E-state index contributed by atoms with van der Waals surface area (Å²) in [5.74, 6) is -1.12. The zero-order chi connectivity index (χ0) is 19.2. The van der Waals surface area contributed by atoms with Crippen LogP contribution in [0.4, 0.5) is 4.39 Å². The molecule has 1 aliphatic heterocycles. The first kappa shape index (κ1) is 19.7. The number of hydrogen-bond donors (Lipinski definition) is 1. The molecule has 0 bridgehead atoms. The minimum absolute atomic E-state index is 0.0794. The van der Waals surface area contributed by atoms with Crippen molar-refractivity contribution < 1.29 is 23.6 Å². The average molecular weight is 352 g/mol. The van der Waals surface area contributed by atoms with Gasteiger partial charge in [-0.25, -0.2) is 14.2 Å². The number of nitrogens with zero attached hydrogens (tertiary/aromatic N) is 2. The molecule has 25 heavy (non-hydrogen) atoms. The molecule has 1 N–H and O–H groups in total. The summed E-state index contributed by atoms with van der Waals surface area (Å²) in [5.41, 5.74) is -1.85. The van der Waals surface area contributed by atoms with Gasteiger partial charge in [0.2, 0.25) is 0 Å². The van der Waals surface area contributed by atoms with Gasteiger partial charge in [0.15, 0.2) is 5.69 Å². The van der Waals surface area contributed by atoms with Gasteiger partial charge in [-0.1, -0.05) is 20.8 Å². The lowest BCUT2D eigenvalue weighted by molar-refractivity contribution is 0.00578. The standard InChI is InChI=1S/C17H26BFN2O4/c1-15(2,3)11(8-21-9-12(14(22)23)20-10-21)13(19)18-24-16(4,5)17(6,7)25-18/h9-10H,8H2,1-7H3,(H,22,23). The number of halogens is 1. The fraction of sp³-hybridized carbons (Fsp3) is 0.647. The molecule has 0 atom stereocenters. The minimum atomic E-state index is -1.12. The highest BCUT2D eigenvalue weighted by Crippen LogP contribution is 2.41. The van der Waals surface area contributed by atoms with Crippen LogP contribution in [-0.4, -0.2) is 38.9 Å². The van der Waals surface area contributed by atoms with Crippen LogP contribution >= 0.6 is 0 Å². The van der Waals surface area contributed by atoms with Crippen molar-refractivity contribution in [1.82, 2.24) is 9.55 Å². The van der Waals surface area contributed by atoms with E-state index in [0.29, 0.717) is 5.57 Å². The second-order valence-corrected chi connectivity index (χ2v) is 8.40. The molecule has 1 aromatic heterocycles. The van der Waals surface area contributed by atoms with Crippen molar-refractivity contribution in [1.29, 1.82) is 0 Å². The van der Waals surface area contributed by atoms with Crippen LogP contribution in [0.15, 0.2) is 23.8 Å². The van der Waals surface area contributed by atoms with Gasteiger partial charge in [0.25, 0.3) is 0 Å². The highest BCUT2D eigenvalue weighted by Gasteiger charge is 2.54. The van der Waals surface area contributed by atoms with Crippen LogP contribution in [0.2, 0.25) is 0 Å². The second kappa shape index (κ2) is 6.25. The normalized spacial score (nSPS) is 20.6. The first-order valence-corrected chi connectivity index (χ1v) is 8.24. The summed E-state index contributed by atoms with van der Waals surface area (Å²) in [6.07, 6.45) is 2.76. The number of carboxylic acids is 1. The lowest BCUT2D eigenvalue weighted by Gasteiger charge is -2.32. The van der Waals surface area contributed by atoms with Gasteiger partial charge in [-0.2, -0.15) is 0 Å². The molecule has 0 unspecified atom stereocenters. The highest BCUT2D eigenvalue weighted by molar-refractivity contribution is 6.53. The number of aromatic nitrogens is 2. The summed E-state index contributed by atoms with van der Waals surface area (Å²) >= 11 is 0. The van der Waals surface area contributed by atoms with Crippen LogP contribution in [-0.2, 0) is 15.9 Å². The number of carbonyl (C=O) groups is 1. The number of carboxylic acid groups (broad SMARTS) is 1. The number of imidazole rings is 1. The van der Waals surface area contributed by atoms with Crippen molar-refractivity contribution in [2.45, 2.75) is 66.2 Å². The van der Waals surface area contributed by atoms with E-state index in [1.165, 1.54) is 12.5 Å². The fourth-order valence-corrected chi connectivity index (χ4v) is 2.50. The first-order valence-electron chi connectivity index (χ1n) is 8.24. The van der Waals surface area contributed by atoms with Crippen LogP contribution in [0.5, 0.6) is 0 Å². The van der Waals surface area contributed by atoms with E-state index in [9.17, 15) is 4.79 Å². The molecule has 0 amide bonds. The van der Waals surface area contributed by atoms with E-state index >= 15 is 4.39 Å². The van der Waals surface area contributed by atoms with Crippen molar-refractivity contribution in [3.8, 4) is 0 Å². The van der Waals surface area contributed by atoms with E-state index in [1.807, 2.05) is 48.5 Å². The topological polar surface area (TPSA) is 73.6 Å². The molecule has 1 aromatic rings. The van der Waals surface area contributed by atoms with Crippen LogP contribution in [0.1, 0.15) is 59.0 Å². The average Bonchev–Trinajstić information content (AvgIpc) is 2.97. The van der Waals surface area contributed by atoms with Gasteiger partial charge in [0, 0.05) is 12.7 Å². The third-order valence-corrected chi connectivity index (χ3v) is 4.85. The highest BCUT2D eigenvalue weighted by atomic mass is 19.1. The largest absolute Gasteiger partial charge is 0.525 e. The van der Waals surface area contributed by atoms with E-state index < -0.39 is 35.4 Å². The smallest absolute Gasteiger partial charge is 0.476 e. The number of allylic oxidation sites excluding steroid dienone is 1. The maximum absolute atomic E-state index is 15.3. The molecule has 0 saturated carbocycles. The number of hydrogen-bond acceptors (Lipinski definition) is 4. The maximum atomic E-state index is 15.3. The Morgan fingerprint density at radius 2 is 1.80 bits per heavy atom. The van der Waals surface area contributed by atoms with Gasteiger partial charge >= 0.3 is 13.1 Å². The Kier molecular flexibility index (Phi) is 4.91. The zero-order valence-corrected chi connectivity index (χ0v) is 15.9. The van der Waals surface area contributed by atoms with Crippen molar-refractivity contribution in [3.05, 3.63) is 29.5 Å². The van der Waals surface area contributed by atoms with Crippen LogP contribution < -0.4 is 0 Å². The molecule has 1 fully saturated rings. The Labute approximate surface area is 148 Å². The minimum Gasteiger partial charge on any atom is -0.476 e. The summed E-state index contributed by atoms with van der Waals surface area (Å²) in [6.45, 7) is 13.3.